The Morgan fingerprint density at radius 2 is 1.25 bits per heavy atom. The van der Waals surface area contributed by atoms with E-state index in [4.69, 9.17) is 29.3 Å². The highest BCUT2D eigenvalue weighted by molar-refractivity contribution is 4.48. The van der Waals surface area contributed by atoms with Gasteiger partial charge in [0.2, 0.25) is 0 Å². The van der Waals surface area contributed by atoms with E-state index in [1.807, 2.05) is 0 Å². The smallest absolute Gasteiger partial charge is 0.191 e. The van der Waals surface area contributed by atoms with E-state index in [0.717, 1.165) is 12.8 Å². The molecule has 0 bridgehead atoms. The molecule has 24 heavy (non-hydrogen) atoms. The molecule has 7 heteroatoms. The summed E-state index contributed by atoms with van der Waals surface area (Å²) in [6, 6.07) is 0. The minimum Gasteiger partial charge on any atom is -0.394 e. The standard InChI is InChI=1S/C17H36O7/c1-2-3-4-5-6-7-8-17(24-19)23-16-15-22-14-13-21-12-11-20-10-9-18/h17-19H,2-16H2,1H3. The van der Waals surface area contributed by atoms with Gasteiger partial charge in [0.1, 0.15) is 0 Å². The van der Waals surface area contributed by atoms with Crippen molar-refractivity contribution in [1.29, 1.82) is 0 Å². The van der Waals surface area contributed by atoms with Gasteiger partial charge < -0.3 is 24.1 Å². The summed E-state index contributed by atoms with van der Waals surface area (Å²) in [5.74, 6) is 0. The van der Waals surface area contributed by atoms with E-state index in [-0.39, 0.29) is 6.61 Å². The molecular formula is C17H36O7. The van der Waals surface area contributed by atoms with E-state index in [2.05, 4.69) is 11.8 Å². The predicted octanol–water partition coefficient (Wildman–Crippen LogP) is 2.61. The van der Waals surface area contributed by atoms with Crippen LogP contribution in [0.2, 0.25) is 0 Å². The van der Waals surface area contributed by atoms with Crippen LogP contribution >= 0.6 is 0 Å². The average Bonchev–Trinajstić information content (AvgIpc) is 2.60. The molecule has 0 aromatic carbocycles. The zero-order valence-electron chi connectivity index (χ0n) is 15.1. The second-order valence-electron chi connectivity index (χ2n) is 5.52. The van der Waals surface area contributed by atoms with Crippen LogP contribution in [0.1, 0.15) is 51.9 Å². The van der Waals surface area contributed by atoms with Crippen molar-refractivity contribution < 1.29 is 34.2 Å². The second kappa shape index (κ2) is 20.8. The summed E-state index contributed by atoms with van der Waals surface area (Å²) in [6.45, 7) is 5.29. The van der Waals surface area contributed by atoms with Crippen LogP contribution in [-0.2, 0) is 23.8 Å². The van der Waals surface area contributed by atoms with Gasteiger partial charge in [-0.15, -0.1) is 0 Å². The van der Waals surface area contributed by atoms with Crippen LogP contribution < -0.4 is 0 Å². The molecule has 0 fully saturated rings. The van der Waals surface area contributed by atoms with Gasteiger partial charge in [-0.05, 0) is 6.42 Å². The normalized spacial score (nSPS) is 12.6. The summed E-state index contributed by atoms with van der Waals surface area (Å²) in [6.07, 6.45) is 7.27. The van der Waals surface area contributed by atoms with E-state index >= 15 is 0 Å². The first kappa shape index (κ1) is 23.7. The first-order chi connectivity index (χ1) is 11.8. The van der Waals surface area contributed by atoms with Crippen LogP contribution in [0, 0.1) is 0 Å². The molecule has 0 saturated carbocycles. The number of ether oxygens (including phenoxy) is 4. The van der Waals surface area contributed by atoms with E-state index in [1.165, 1.54) is 25.7 Å². The van der Waals surface area contributed by atoms with Crippen LogP contribution in [0.4, 0.5) is 0 Å². The molecule has 0 aliphatic rings. The molecule has 0 spiro atoms. The summed E-state index contributed by atoms with van der Waals surface area (Å²) >= 11 is 0. The van der Waals surface area contributed by atoms with Gasteiger partial charge in [-0.25, -0.2) is 10.1 Å². The Balaban J connectivity index is 3.25. The maximum atomic E-state index is 8.81. The van der Waals surface area contributed by atoms with Crippen LogP contribution in [-0.4, -0.2) is 69.5 Å². The molecule has 0 aromatic rings. The van der Waals surface area contributed by atoms with Crippen molar-refractivity contribution >= 4 is 0 Å². The monoisotopic (exact) mass is 352 g/mol. The Bertz CT molecular complexity index is 229. The molecule has 0 saturated heterocycles. The van der Waals surface area contributed by atoms with Crippen molar-refractivity contribution in [2.75, 3.05) is 52.9 Å². The summed E-state index contributed by atoms with van der Waals surface area (Å²) in [5, 5.41) is 17.3. The molecule has 1 unspecified atom stereocenters. The lowest BCUT2D eigenvalue weighted by Crippen LogP contribution is -2.19. The van der Waals surface area contributed by atoms with Crippen LogP contribution in [0.3, 0.4) is 0 Å². The molecule has 0 aliphatic carbocycles. The highest BCUT2D eigenvalue weighted by atomic mass is 17.1. The van der Waals surface area contributed by atoms with Gasteiger partial charge in [-0.2, -0.15) is 0 Å². The lowest BCUT2D eigenvalue weighted by atomic mass is 10.1. The number of hydrogen-bond donors (Lipinski definition) is 2. The largest absolute Gasteiger partial charge is 0.394 e. The third kappa shape index (κ3) is 18.1. The van der Waals surface area contributed by atoms with Gasteiger partial charge in [0, 0.05) is 6.42 Å². The number of aliphatic hydroxyl groups excluding tert-OH is 1. The zero-order chi connectivity index (χ0) is 17.7. The highest BCUT2D eigenvalue weighted by Crippen LogP contribution is 2.10. The van der Waals surface area contributed by atoms with E-state index < -0.39 is 6.29 Å². The molecule has 0 radical (unpaired) electrons. The fraction of sp³-hybridized carbons (Fsp3) is 1.00. The fourth-order valence-electron chi connectivity index (χ4n) is 2.10. The van der Waals surface area contributed by atoms with Crippen molar-refractivity contribution in [1.82, 2.24) is 0 Å². The topological polar surface area (TPSA) is 86.6 Å². The van der Waals surface area contributed by atoms with Gasteiger partial charge in [0.25, 0.3) is 0 Å². The minimum absolute atomic E-state index is 0.0283. The SMILES string of the molecule is CCCCCCCCC(OO)OCCOCCOCCOCCO. The molecule has 0 amide bonds. The first-order valence-electron chi connectivity index (χ1n) is 9.11. The molecule has 146 valence electrons. The van der Waals surface area contributed by atoms with Crippen molar-refractivity contribution in [3.8, 4) is 0 Å². The fourth-order valence-corrected chi connectivity index (χ4v) is 2.10. The van der Waals surface area contributed by atoms with Gasteiger partial charge in [-0.1, -0.05) is 39.0 Å². The number of hydrogen-bond acceptors (Lipinski definition) is 7. The minimum atomic E-state index is -0.570. The molecule has 1 atom stereocenters. The summed E-state index contributed by atoms with van der Waals surface area (Å²) < 4.78 is 21.1. The van der Waals surface area contributed by atoms with Gasteiger partial charge >= 0.3 is 0 Å². The van der Waals surface area contributed by atoms with Gasteiger partial charge in [-0.3, -0.25) is 0 Å². The molecule has 0 rings (SSSR count). The summed E-state index contributed by atoms with van der Waals surface area (Å²) in [5.41, 5.74) is 0. The Morgan fingerprint density at radius 3 is 1.83 bits per heavy atom. The Morgan fingerprint density at radius 1 is 0.708 bits per heavy atom. The molecule has 0 aromatic heterocycles. The number of unbranched alkanes of at least 4 members (excludes halogenated alkanes) is 5. The second-order valence-corrected chi connectivity index (χ2v) is 5.52. The van der Waals surface area contributed by atoms with Crippen LogP contribution in [0.5, 0.6) is 0 Å². The Labute approximate surface area is 146 Å². The Kier molecular flexibility index (Phi) is 20.5. The molecule has 0 aliphatic heterocycles. The van der Waals surface area contributed by atoms with Crippen molar-refractivity contribution in [2.24, 2.45) is 0 Å². The van der Waals surface area contributed by atoms with Crippen molar-refractivity contribution in [3.63, 3.8) is 0 Å². The van der Waals surface area contributed by atoms with E-state index in [9.17, 15) is 0 Å². The summed E-state index contributed by atoms with van der Waals surface area (Å²) in [7, 11) is 0. The maximum absolute atomic E-state index is 8.81. The molecule has 7 nitrogen and oxygen atoms in total. The van der Waals surface area contributed by atoms with Crippen molar-refractivity contribution in [3.05, 3.63) is 0 Å². The summed E-state index contributed by atoms with van der Waals surface area (Å²) in [4.78, 5) is 4.34. The first-order valence-corrected chi connectivity index (χ1v) is 9.11. The predicted molar refractivity (Wildman–Crippen MR) is 91.0 cm³/mol. The van der Waals surface area contributed by atoms with Crippen LogP contribution in [0.15, 0.2) is 0 Å². The quantitative estimate of drug-likeness (QED) is 0.151. The van der Waals surface area contributed by atoms with Crippen molar-refractivity contribution in [2.45, 2.75) is 58.2 Å². The number of rotatable bonds is 20. The van der Waals surface area contributed by atoms with E-state index in [0.29, 0.717) is 52.7 Å². The third-order valence-electron chi connectivity index (χ3n) is 3.42. The molecule has 0 heterocycles. The Hall–Kier alpha value is -0.280. The lowest BCUT2D eigenvalue weighted by molar-refractivity contribution is -0.348. The third-order valence-corrected chi connectivity index (χ3v) is 3.42. The maximum Gasteiger partial charge on any atom is 0.191 e. The van der Waals surface area contributed by atoms with Crippen LogP contribution in [0.25, 0.3) is 0 Å². The number of aliphatic hydroxyl groups is 1. The molecule has 2 N–H and O–H groups in total. The van der Waals surface area contributed by atoms with Gasteiger partial charge in [0.15, 0.2) is 6.29 Å². The zero-order valence-corrected chi connectivity index (χ0v) is 15.1. The highest BCUT2D eigenvalue weighted by Gasteiger charge is 2.08. The van der Waals surface area contributed by atoms with E-state index in [1.54, 1.807) is 0 Å². The van der Waals surface area contributed by atoms with Gasteiger partial charge in [0.05, 0.1) is 52.9 Å². The lowest BCUT2D eigenvalue weighted by Gasteiger charge is -2.14. The average molecular weight is 352 g/mol. The molecular weight excluding hydrogens is 316 g/mol.